The Morgan fingerprint density at radius 3 is 2.68 bits per heavy atom. The summed E-state index contributed by atoms with van der Waals surface area (Å²) < 4.78 is 6.87. The summed E-state index contributed by atoms with van der Waals surface area (Å²) in [6, 6.07) is 12.0. The average molecular weight is 362 g/mol. The van der Waals surface area contributed by atoms with Crippen LogP contribution in [0.1, 0.15) is 22.3 Å². The molecule has 0 aromatic heterocycles. The third kappa shape index (κ3) is 4.10. The topological polar surface area (TPSA) is 38.3 Å². The van der Waals surface area contributed by atoms with Crippen LogP contribution in [0.25, 0.3) is 0 Å². The Morgan fingerprint density at radius 1 is 1.23 bits per heavy atom. The number of nitrogens with one attached hydrogen (secondary N) is 1. The van der Waals surface area contributed by atoms with E-state index in [9.17, 15) is 4.79 Å². The van der Waals surface area contributed by atoms with Crippen LogP contribution in [0.4, 0.5) is 0 Å². The lowest BCUT2D eigenvalue weighted by atomic mass is 10.00. The first kappa shape index (κ1) is 16.6. The van der Waals surface area contributed by atoms with Gasteiger partial charge in [0.15, 0.2) is 0 Å². The van der Waals surface area contributed by atoms with Gasteiger partial charge in [-0.3, -0.25) is 4.79 Å². The maximum absolute atomic E-state index is 11.7. The lowest BCUT2D eigenvalue weighted by Crippen LogP contribution is -2.21. The standard InChI is InChI=1S/C18H20BrNO2/c1-12-7-8-17(16(19)9-12)22-11-15-13(2)5-4-6-14(15)10-18(21)20-3/h4-9H,10-11H2,1-3H3,(H,20,21). The van der Waals surface area contributed by atoms with Crippen LogP contribution in [-0.4, -0.2) is 13.0 Å². The molecule has 116 valence electrons. The highest BCUT2D eigenvalue weighted by atomic mass is 79.9. The number of likely N-dealkylation sites (N-methyl/N-ethyl adjacent to an activating group) is 1. The van der Waals surface area contributed by atoms with Gasteiger partial charge in [-0.05, 0) is 64.2 Å². The number of aryl methyl sites for hydroxylation is 2. The Kier molecular flexibility index (Phi) is 5.61. The number of halogens is 1. The van der Waals surface area contributed by atoms with E-state index < -0.39 is 0 Å². The van der Waals surface area contributed by atoms with Gasteiger partial charge >= 0.3 is 0 Å². The zero-order chi connectivity index (χ0) is 16.1. The van der Waals surface area contributed by atoms with Gasteiger partial charge in [0.25, 0.3) is 0 Å². The zero-order valence-electron chi connectivity index (χ0n) is 13.1. The zero-order valence-corrected chi connectivity index (χ0v) is 14.7. The van der Waals surface area contributed by atoms with Crippen molar-refractivity contribution in [3.05, 3.63) is 63.1 Å². The quantitative estimate of drug-likeness (QED) is 0.875. The molecule has 0 saturated heterocycles. The molecule has 1 amide bonds. The molecule has 3 nitrogen and oxygen atoms in total. The molecule has 0 aliphatic rings. The molecular formula is C18H20BrNO2. The van der Waals surface area contributed by atoms with Crippen molar-refractivity contribution in [2.75, 3.05) is 7.05 Å². The lowest BCUT2D eigenvalue weighted by Gasteiger charge is -2.14. The molecule has 2 aromatic carbocycles. The second-order valence-corrected chi connectivity index (χ2v) is 6.14. The first-order valence-electron chi connectivity index (χ1n) is 7.18. The summed E-state index contributed by atoms with van der Waals surface area (Å²) in [7, 11) is 1.65. The molecule has 0 atom stereocenters. The molecule has 0 aliphatic carbocycles. The molecule has 0 bridgehead atoms. The summed E-state index contributed by atoms with van der Waals surface area (Å²) >= 11 is 3.52. The van der Waals surface area contributed by atoms with Crippen molar-refractivity contribution in [2.45, 2.75) is 26.9 Å². The van der Waals surface area contributed by atoms with E-state index in [0.29, 0.717) is 13.0 Å². The van der Waals surface area contributed by atoms with Gasteiger partial charge in [0.05, 0.1) is 10.9 Å². The van der Waals surface area contributed by atoms with E-state index in [2.05, 4.69) is 21.2 Å². The van der Waals surface area contributed by atoms with E-state index >= 15 is 0 Å². The highest BCUT2D eigenvalue weighted by molar-refractivity contribution is 9.10. The van der Waals surface area contributed by atoms with Crippen molar-refractivity contribution >= 4 is 21.8 Å². The van der Waals surface area contributed by atoms with Gasteiger partial charge < -0.3 is 10.1 Å². The van der Waals surface area contributed by atoms with E-state index in [1.807, 2.05) is 50.2 Å². The maximum Gasteiger partial charge on any atom is 0.224 e. The molecule has 0 spiro atoms. The fourth-order valence-corrected chi connectivity index (χ4v) is 2.88. The van der Waals surface area contributed by atoms with Gasteiger partial charge in [0, 0.05) is 7.05 Å². The number of amides is 1. The number of ether oxygens (including phenoxy) is 1. The summed E-state index contributed by atoms with van der Waals surface area (Å²) in [6.07, 6.45) is 0.367. The van der Waals surface area contributed by atoms with Crippen LogP contribution >= 0.6 is 15.9 Å². The summed E-state index contributed by atoms with van der Waals surface area (Å²) in [6.45, 7) is 4.52. The first-order chi connectivity index (χ1) is 10.5. The van der Waals surface area contributed by atoms with E-state index in [4.69, 9.17) is 4.74 Å². The Hall–Kier alpha value is -1.81. The number of carbonyl (C=O) groups excluding carboxylic acids is 1. The SMILES string of the molecule is CNC(=O)Cc1cccc(C)c1COc1ccc(C)cc1Br. The Balaban J connectivity index is 2.19. The summed E-state index contributed by atoms with van der Waals surface area (Å²) in [5.74, 6) is 0.808. The fraction of sp³-hybridized carbons (Fsp3) is 0.278. The van der Waals surface area contributed by atoms with Crippen molar-refractivity contribution in [2.24, 2.45) is 0 Å². The van der Waals surface area contributed by atoms with Crippen LogP contribution in [0.2, 0.25) is 0 Å². The third-order valence-electron chi connectivity index (χ3n) is 3.60. The van der Waals surface area contributed by atoms with Crippen LogP contribution in [0.15, 0.2) is 40.9 Å². The van der Waals surface area contributed by atoms with Crippen LogP contribution in [0.3, 0.4) is 0 Å². The van der Waals surface area contributed by atoms with Gasteiger partial charge in [-0.1, -0.05) is 24.3 Å². The third-order valence-corrected chi connectivity index (χ3v) is 4.22. The van der Waals surface area contributed by atoms with Crippen molar-refractivity contribution < 1.29 is 9.53 Å². The summed E-state index contributed by atoms with van der Waals surface area (Å²) in [5.41, 5.74) is 4.38. The Labute approximate surface area is 139 Å². The molecule has 4 heteroatoms. The highest BCUT2D eigenvalue weighted by Crippen LogP contribution is 2.27. The van der Waals surface area contributed by atoms with Crippen LogP contribution in [0, 0.1) is 13.8 Å². The van der Waals surface area contributed by atoms with Gasteiger partial charge in [0.2, 0.25) is 5.91 Å². The first-order valence-corrected chi connectivity index (χ1v) is 7.97. The predicted octanol–water partition coefficient (Wildman–Crippen LogP) is 3.93. The number of benzene rings is 2. The van der Waals surface area contributed by atoms with Crippen LogP contribution in [-0.2, 0) is 17.8 Å². The van der Waals surface area contributed by atoms with E-state index in [0.717, 1.165) is 26.9 Å². The average Bonchev–Trinajstić information content (AvgIpc) is 2.48. The van der Waals surface area contributed by atoms with Crippen LogP contribution < -0.4 is 10.1 Å². The van der Waals surface area contributed by atoms with Gasteiger partial charge in [-0.2, -0.15) is 0 Å². The summed E-state index contributed by atoms with van der Waals surface area (Å²) in [5, 5.41) is 2.66. The normalized spacial score (nSPS) is 10.4. The Morgan fingerprint density at radius 2 is 2.00 bits per heavy atom. The Bertz CT molecular complexity index is 683. The molecule has 0 heterocycles. The minimum atomic E-state index is 0.00312. The predicted molar refractivity (Wildman–Crippen MR) is 92.2 cm³/mol. The number of hydrogen-bond donors (Lipinski definition) is 1. The van der Waals surface area contributed by atoms with Crippen molar-refractivity contribution in [3.8, 4) is 5.75 Å². The molecule has 2 aromatic rings. The number of carbonyl (C=O) groups is 1. The molecule has 0 aliphatic heterocycles. The second kappa shape index (κ2) is 7.45. The molecule has 22 heavy (non-hydrogen) atoms. The largest absolute Gasteiger partial charge is 0.488 e. The minimum absolute atomic E-state index is 0.00312. The fourth-order valence-electron chi connectivity index (χ4n) is 2.27. The highest BCUT2D eigenvalue weighted by Gasteiger charge is 2.11. The lowest BCUT2D eigenvalue weighted by molar-refractivity contribution is -0.119. The molecule has 0 unspecified atom stereocenters. The van der Waals surface area contributed by atoms with Gasteiger partial charge in [-0.15, -0.1) is 0 Å². The number of rotatable bonds is 5. The van der Waals surface area contributed by atoms with Crippen LogP contribution in [0.5, 0.6) is 5.75 Å². The molecule has 0 fully saturated rings. The van der Waals surface area contributed by atoms with Crippen molar-refractivity contribution in [3.63, 3.8) is 0 Å². The monoisotopic (exact) mass is 361 g/mol. The number of hydrogen-bond acceptors (Lipinski definition) is 2. The molecule has 0 saturated carbocycles. The smallest absolute Gasteiger partial charge is 0.224 e. The van der Waals surface area contributed by atoms with Gasteiger partial charge in [-0.25, -0.2) is 0 Å². The van der Waals surface area contributed by atoms with E-state index in [1.165, 1.54) is 5.56 Å². The summed E-state index contributed by atoms with van der Waals surface area (Å²) in [4.78, 5) is 11.7. The van der Waals surface area contributed by atoms with Gasteiger partial charge in [0.1, 0.15) is 12.4 Å². The van der Waals surface area contributed by atoms with Crippen molar-refractivity contribution in [1.29, 1.82) is 0 Å². The second-order valence-electron chi connectivity index (χ2n) is 5.29. The maximum atomic E-state index is 11.7. The molecular weight excluding hydrogens is 342 g/mol. The minimum Gasteiger partial charge on any atom is -0.488 e. The molecule has 2 rings (SSSR count). The molecule has 1 N–H and O–H groups in total. The van der Waals surface area contributed by atoms with E-state index in [-0.39, 0.29) is 5.91 Å². The van der Waals surface area contributed by atoms with E-state index in [1.54, 1.807) is 7.05 Å². The van der Waals surface area contributed by atoms with Crippen molar-refractivity contribution in [1.82, 2.24) is 5.32 Å². The molecule has 0 radical (unpaired) electrons.